The molecule has 0 N–H and O–H groups in total. The van der Waals surface area contributed by atoms with Crippen molar-refractivity contribution in [2.24, 2.45) is 0 Å². The van der Waals surface area contributed by atoms with Crippen LogP contribution in [-0.2, 0) is 4.74 Å². The fraction of sp³-hybridized carbons (Fsp3) is 1.00. The smallest absolute Gasteiger partial charge is 0.101 e. The van der Waals surface area contributed by atoms with Gasteiger partial charge in [-0.3, -0.25) is 0 Å². The molecule has 0 aliphatic heterocycles. The molecular formula is C5H14OS2Si. The van der Waals surface area contributed by atoms with Gasteiger partial charge < -0.3 is 4.74 Å². The van der Waals surface area contributed by atoms with Crippen molar-refractivity contribution in [2.45, 2.75) is 18.8 Å². The van der Waals surface area contributed by atoms with Crippen LogP contribution in [0.4, 0.5) is 0 Å². The van der Waals surface area contributed by atoms with Gasteiger partial charge in [-0.2, -0.15) is 11.2 Å². The molecule has 1 nitrogen and oxygen atoms in total. The Morgan fingerprint density at radius 3 is 2.89 bits per heavy atom. The van der Waals surface area contributed by atoms with E-state index in [0.29, 0.717) is 0 Å². The van der Waals surface area contributed by atoms with Gasteiger partial charge in [-0.25, -0.2) is 0 Å². The molecule has 0 saturated carbocycles. The normalized spacial score (nSPS) is 14.0. The van der Waals surface area contributed by atoms with Crippen molar-refractivity contribution in [3.8, 4) is 0 Å². The molecular weight excluding hydrogens is 168 g/mol. The van der Waals surface area contributed by atoms with Crippen molar-refractivity contribution in [3.63, 3.8) is 0 Å². The van der Waals surface area contributed by atoms with Gasteiger partial charge in [-0.15, -0.1) is 12.6 Å². The van der Waals surface area contributed by atoms with E-state index in [4.69, 9.17) is 4.74 Å². The van der Waals surface area contributed by atoms with Gasteiger partial charge in [0.25, 0.3) is 0 Å². The van der Waals surface area contributed by atoms with Gasteiger partial charge in [0.2, 0.25) is 0 Å². The summed E-state index contributed by atoms with van der Waals surface area (Å²) >= 11 is 6.19. The lowest BCUT2D eigenvalue weighted by Crippen LogP contribution is -2.05. The van der Waals surface area contributed by atoms with E-state index in [9.17, 15) is 0 Å². The average Bonchev–Trinajstić information content (AvgIpc) is 1.85. The summed E-state index contributed by atoms with van der Waals surface area (Å²) in [5, 5.41) is 0. The summed E-state index contributed by atoms with van der Waals surface area (Å²) in [7, 11) is 1.23. The molecule has 1 atom stereocenters. The maximum absolute atomic E-state index is 5.21. The van der Waals surface area contributed by atoms with Gasteiger partial charge in [-0.05, 0) is 19.1 Å². The highest BCUT2D eigenvalue weighted by molar-refractivity contribution is 8.19. The number of thiol groups is 1. The third-order valence-corrected chi connectivity index (χ3v) is 3.20. The lowest BCUT2D eigenvalue weighted by Gasteiger charge is -2.08. The predicted molar refractivity (Wildman–Crippen MR) is 51.4 cm³/mol. The van der Waals surface area contributed by atoms with Gasteiger partial charge in [0.15, 0.2) is 0 Å². The Bertz CT molecular complexity index is 62.9. The highest BCUT2D eigenvalue weighted by Crippen LogP contribution is 2.06. The van der Waals surface area contributed by atoms with Crippen LogP contribution in [0.2, 0.25) is 0 Å². The fourth-order valence-electron chi connectivity index (χ4n) is 0.494. The quantitative estimate of drug-likeness (QED) is 0.380. The summed E-state index contributed by atoms with van der Waals surface area (Å²) in [4.78, 5) is 0. The van der Waals surface area contributed by atoms with Crippen molar-refractivity contribution in [2.75, 3.05) is 12.4 Å². The summed E-state index contributed by atoms with van der Waals surface area (Å²) in [6.45, 7) is 2.77. The van der Waals surface area contributed by atoms with E-state index in [1.54, 1.807) is 0 Å². The molecule has 9 heavy (non-hydrogen) atoms. The molecule has 4 heteroatoms. The van der Waals surface area contributed by atoms with Crippen molar-refractivity contribution < 1.29 is 4.74 Å². The SMILES string of the molecule is CCOC(S)CCS[SiH3]. The van der Waals surface area contributed by atoms with Crippen molar-refractivity contribution >= 4 is 33.2 Å². The molecule has 0 amide bonds. The Morgan fingerprint density at radius 2 is 2.44 bits per heavy atom. The maximum Gasteiger partial charge on any atom is 0.101 e. The minimum absolute atomic E-state index is 0.163. The second-order valence-electron chi connectivity index (χ2n) is 1.69. The summed E-state index contributed by atoms with van der Waals surface area (Å²) in [6, 6.07) is 0. The minimum Gasteiger partial charge on any atom is -0.368 e. The second kappa shape index (κ2) is 6.99. The fourth-order valence-corrected chi connectivity index (χ4v) is 2.10. The van der Waals surface area contributed by atoms with Gasteiger partial charge in [0, 0.05) is 6.61 Å². The molecule has 0 spiro atoms. The van der Waals surface area contributed by atoms with E-state index >= 15 is 0 Å². The summed E-state index contributed by atoms with van der Waals surface area (Å²) in [5.41, 5.74) is 0.163. The molecule has 1 unspecified atom stereocenters. The van der Waals surface area contributed by atoms with Crippen molar-refractivity contribution in [3.05, 3.63) is 0 Å². The molecule has 0 heterocycles. The molecule has 56 valence electrons. The van der Waals surface area contributed by atoms with Gasteiger partial charge in [-0.1, -0.05) is 0 Å². The number of ether oxygens (including phenoxy) is 1. The van der Waals surface area contributed by atoms with Crippen molar-refractivity contribution in [1.29, 1.82) is 0 Å². The van der Waals surface area contributed by atoms with E-state index in [1.165, 1.54) is 15.1 Å². The highest BCUT2D eigenvalue weighted by atomic mass is 32.4. The van der Waals surface area contributed by atoms with Crippen LogP contribution in [0.3, 0.4) is 0 Å². The summed E-state index contributed by atoms with van der Waals surface area (Å²) < 4.78 is 5.21. The summed E-state index contributed by atoms with van der Waals surface area (Å²) in [6.07, 6.45) is 1.07. The first kappa shape index (κ1) is 9.88. The maximum atomic E-state index is 5.21. The summed E-state index contributed by atoms with van der Waals surface area (Å²) in [5.74, 6) is 1.19. The van der Waals surface area contributed by atoms with Crippen molar-refractivity contribution in [1.82, 2.24) is 0 Å². The van der Waals surface area contributed by atoms with Gasteiger partial charge in [0.1, 0.15) is 5.44 Å². The third-order valence-electron chi connectivity index (χ3n) is 0.928. The first-order valence-corrected chi connectivity index (χ1v) is 7.45. The first-order valence-electron chi connectivity index (χ1n) is 3.09. The van der Waals surface area contributed by atoms with E-state index in [0.717, 1.165) is 13.0 Å². The number of hydrogen-bond acceptors (Lipinski definition) is 3. The lowest BCUT2D eigenvalue weighted by molar-refractivity contribution is 0.125. The van der Waals surface area contributed by atoms with Gasteiger partial charge in [0.05, 0.1) is 9.39 Å². The zero-order valence-corrected chi connectivity index (χ0v) is 9.67. The number of rotatable bonds is 5. The van der Waals surface area contributed by atoms with Crippen LogP contribution in [0.5, 0.6) is 0 Å². The van der Waals surface area contributed by atoms with E-state index in [-0.39, 0.29) is 5.44 Å². The Labute approximate surface area is 69.4 Å². The zero-order valence-electron chi connectivity index (χ0n) is 5.96. The Balaban J connectivity index is 2.95. The van der Waals surface area contributed by atoms with E-state index in [1.807, 2.05) is 18.1 Å². The molecule has 0 saturated heterocycles. The molecule has 0 aliphatic rings. The number of hydrogen-bond donors (Lipinski definition) is 1. The van der Waals surface area contributed by atoms with Crippen LogP contribution >= 0.6 is 23.8 Å². The average molecular weight is 182 g/mol. The highest BCUT2D eigenvalue weighted by Gasteiger charge is 1.98. The molecule has 0 radical (unpaired) electrons. The topological polar surface area (TPSA) is 9.23 Å². The predicted octanol–water partition coefficient (Wildman–Crippen LogP) is 0.682. The van der Waals surface area contributed by atoms with Crippen LogP contribution in [0.1, 0.15) is 13.3 Å². The minimum atomic E-state index is 0.163. The molecule has 0 fully saturated rings. The van der Waals surface area contributed by atoms with E-state index in [2.05, 4.69) is 12.6 Å². The molecule has 0 rings (SSSR count). The second-order valence-corrected chi connectivity index (χ2v) is 4.99. The van der Waals surface area contributed by atoms with Gasteiger partial charge >= 0.3 is 0 Å². The van der Waals surface area contributed by atoms with Crippen LogP contribution in [-0.4, -0.2) is 27.2 Å². The Morgan fingerprint density at radius 1 is 1.78 bits per heavy atom. The lowest BCUT2D eigenvalue weighted by atomic mass is 10.5. The van der Waals surface area contributed by atoms with Crippen LogP contribution in [0.25, 0.3) is 0 Å². The van der Waals surface area contributed by atoms with Crippen LogP contribution in [0.15, 0.2) is 0 Å². The zero-order chi connectivity index (χ0) is 7.11. The van der Waals surface area contributed by atoms with Crippen LogP contribution < -0.4 is 0 Å². The molecule has 0 aliphatic carbocycles. The molecule has 0 aromatic rings. The first-order chi connectivity index (χ1) is 4.31. The Kier molecular flexibility index (Phi) is 7.67. The van der Waals surface area contributed by atoms with E-state index < -0.39 is 0 Å². The monoisotopic (exact) mass is 182 g/mol. The molecule has 0 aromatic carbocycles. The standard InChI is InChI=1S/C5H14OS2Si/c1-2-6-5(7)3-4-8-9/h5,7H,2-4H2,1,9H3. The molecule has 0 aromatic heterocycles. The molecule has 0 bridgehead atoms. The largest absolute Gasteiger partial charge is 0.368 e. The third kappa shape index (κ3) is 6.77. The Hall–Kier alpha value is 0.877. The van der Waals surface area contributed by atoms with Crippen LogP contribution in [0, 0.1) is 0 Å².